The predicted octanol–water partition coefficient (Wildman–Crippen LogP) is 3.13. The molecule has 0 saturated heterocycles. The van der Waals surface area contributed by atoms with Crippen molar-refractivity contribution in [1.29, 1.82) is 0 Å². The van der Waals surface area contributed by atoms with Gasteiger partial charge in [-0.2, -0.15) is 0 Å². The Hall–Kier alpha value is -0.870. The summed E-state index contributed by atoms with van der Waals surface area (Å²) in [5.41, 5.74) is 6.37. The lowest BCUT2D eigenvalue weighted by Gasteiger charge is -2.13. The van der Waals surface area contributed by atoms with Gasteiger partial charge >= 0.3 is 0 Å². The van der Waals surface area contributed by atoms with Gasteiger partial charge in [-0.1, -0.05) is 22.5 Å². The average Bonchev–Trinajstić information content (AvgIpc) is 2.15. The summed E-state index contributed by atoms with van der Waals surface area (Å²) < 4.78 is 19.1. The normalized spacial score (nSPS) is 12.3. The fraction of sp³-hybridized carbons (Fsp3) is 0.273. The Morgan fingerprint density at radius 1 is 1.67 bits per heavy atom. The van der Waals surface area contributed by atoms with Crippen molar-refractivity contribution < 1.29 is 9.13 Å². The molecular weight excluding hydrogens is 261 g/mol. The second kappa shape index (κ2) is 5.28. The third-order valence-electron chi connectivity index (χ3n) is 1.85. The van der Waals surface area contributed by atoms with Gasteiger partial charge in [0.2, 0.25) is 0 Å². The molecule has 4 heteroatoms. The van der Waals surface area contributed by atoms with Crippen molar-refractivity contribution in [3.8, 4) is 5.75 Å². The Morgan fingerprint density at radius 2 is 2.33 bits per heavy atom. The third kappa shape index (κ3) is 3.64. The quantitative estimate of drug-likeness (QED) is 0.915. The summed E-state index contributed by atoms with van der Waals surface area (Å²) in [5.74, 6) is 0.277. The monoisotopic (exact) mass is 273 g/mol. The molecule has 0 radical (unpaired) electrons. The van der Waals surface area contributed by atoms with Gasteiger partial charge in [0.25, 0.3) is 0 Å². The second-order valence-electron chi connectivity index (χ2n) is 3.28. The van der Waals surface area contributed by atoms with E-state index in [1.165, 1.54) is 12.1 Å². The maximum atomic E-state index is 13.0. The summed E-state index contributed by atoms with van der Waals surface area (Å²) in [5, 5.41) is 0. The Balaban J connectivity index is 2.90. The third-order valence-corrected chi connectivity index (χ3v) is 2.08. The summed E-state index contributed by atoms with van der Waals surface area (Å²) in [6, 6.07) is 4.04. The van der Waals surface area contributed by atoms with E-state index in [0.717, 1.165) is 4.48 Å². The molecule has 1 unspecified atom stereocenters. The summed E-state index contributed by atoms with van der Waals surface area (Å²) >= 11 is 3.18. The van der Waals surface area contributed by atoms with Crippen molar-refractivity contribution in [3.63, 3.8) is 0 Å². The summed E-state index contributed by atoms with van der Waals surface area (Å²) in [6.45, 7) is 5.77. The van der Waals surface area contributed by atoms with Crippen LogP contribution in [0, 0.1) is 5.82 Å². The van der Waals surface area contributed by atoms with Crippen LogP contribution in [0.4, 0.5) is 4.39 Å². The summed E-state index contributed by atoms with van der Waals surface area (Å²) in [6.07, 6.45) is 0. The topological polar surface area (TPSA) is 35.2 Å². The molecule has 0 saturated carbocycles. The highest BCUT2D eigenvalue weighted by Gasteiger charge is 2.09. The number of nitrogens with two attached hydrogens (primary N) is 1. The molecule has 2 N–H and O–H groups in total. The maximum absolute atomic E-state index is 13.0. The Kier molecular flexibility index (Phi) is 4.29. The van der Waals surface area contributed by atoms with Crippen molar-refractivity contribution in [3.05, 3.63) is 40.6 Å². The minimum absolute atomic E-state index is 0.265. The minimum Gasteiger partial charge on any atom is -0.488 e. The highest BCUT2D eigenvalue weighted by Crippen LogP contribution is 2.25. The standard InChI is InChI=1S/C11H13BrFNO/c1-7(12)6-15-11-4-3-9(13)5-10(11)8(2)14/h3-5,8H,1,6,14H2,2H3. The maximum Gasteiger partial charge on any atom is 0.124 e. The van der Waals surface area contributed by atoms with Crippen molar-refractivity contribution in [2.45, 2.75) is 13.0 Å². The van der Waals surface area contributed by atoms with E-state index in [0.29, 0.717) is 17.9 Å². The zero-order chi connectivity index (χ0) is 11.4. The van der Waals surface area contributed by atoms with Crippen molar-refractivity contribution in [1.82, 2.24) is 0 Å². The first kappa shape index (κ1) is 12.2. The fourth-order valence-electron chi connectivity index (χ4n) is 1.16. The van der Waals surface area contributed by atoms with E-state index in [2.05, 4.69) is 22.5 Å². The van der Waals surface area contributed by atoms with Crippen LogP contribution in [0.15, 0.2) is 29.3 Å². The number of ether oxygens (including phenoxy) is 1. The van der Waals surface area contributed by atoms with E-state index in [1.54, 1.807) is 13.0 Å². The van der Waals surface area contributed by atoms with E-state index in [-0.39, 0.29) is 11.9 Å². The van der Waals surface area contributed by atoms with Crippen LogP contribution in [-0.2, 0) is 0 Å². The number of hydrogen-bond donors (Lipinski definition) is 1. The van der Waals surface area contributed by atoms with Gasteiger partial charge in [-0.05, 0) is 25.1 Å². The van der Waals surface area contributed by atoms with Crippen LogP contribution in [0.5, 0.6) is 5.75 Å². The molecule has 0 amide bonds. The SMILES string of the molecule is C=C(Br)COc1ccc(F)cc1C(C)N. The number of hydrogen-bond acceptors (Lipinski definition) is 2. The average molecular weight is 274 g/mol. The molecule has 2 nitrogen and oxygen atoms in total. The minimum atomic E-state index is -0.313. The van der Waals surface area contributed by atoms with Gasteiger partial charge in [0.05, 0.1) is 0 Å². The van der Waals surface area contributed by atoms with Crippen molar-refractivity contribution >= 4 is 15.9 Å². The van der Waals surface area contributed by atoms with E-state index >= 15 is 0 Å². The van der Waals surface area contributed by atoms with E-state index in [1.807, 2.05) is 0 Å². The van der Waals surface area contributed by atoms with Gasteiger partial charge in [0.15, 0.2) is 0 Å². The van der Waals surface area contributed by atoms with Crippen molar-refractivity contribution in [2.75, 3.05) is 6.61 Å². The molecule has 0 aliphatic heterocycles. The lowest BCUT2D eigenvalue weighted by atomic mass is 10.1. The van der Waals surface area contributed by atoms with Gasteiger partial charge in [-0.25, -0.2) is 4.39 Å². The molecule has 0 heterocycles. The molecule has 1 rings (SSSR count). The van der Waals surface area contributed by atoms with Gasteiger partial charge in [-0.15, -0.1) is 0 Å². The number of rotatable bonds is 4. The molecule has 0 aliphatic carbocycles. The Labute approximate surface area is 97.1 Å². The zero-order valence-corrected chi connectivity index (χ0v) is 10.1. The molecule has 0 bridgehead atoms. The Bertz CT molecular complexity index is 366. The largest absolute Gasteiger partial charge is 0.488 e. The molecule has 82 valence electrons. The molecule has 0 aromatic heterocycles. The van der Waals surface area contributed by atoms with Crippen LogP contribution in [0.1, 0.15) is 18.5 Å². The number of halogens is 2. The van der Waals surface area contributed by atoms with Crippen LogP contribution in [-0.4, -0.2) is 6.61 Å². The second-order valence-corrected chi connectivity index (χ2v) is 4.40. The molecule has 1 aromatic carbocycles. The van der Waals surface area contributed by atoms with Crippen LogP contribution in [0.25, 0.3) is 0 Å². The zero-order valence-electron chi connectivity index (χ0n) is 8.47. The van der Waals surface area contributed by atoms with Crippen LogP contribution in [0.3, 0.4) is 0 Å². The van der Waals surface area contributed by atoms with Crippen LogP contribution >= 0.6 is 15.9 Å². The van der Waals surface area contributed by atoms with Crippen LogP contribution < -0.4 is 10.5 Å². The first-order valence-electron chi connectivity index (χ1n) is 4.52. The molecule has 0 fully saturated rings. The first-order chi connectivity index (χ1) is 7.00. The molecular formula is C11H13BrFNO. The molecule has 1 atom stereocenters. The highest BCUT2D eigenvalue weighted by molar-refractivity contribution is 9.11. The lowest BCUT2D eigenvalue weighted by Crippen LogP contribution is -2.09. The summed E-state index contributed by atoms with van der Waals surface area (Å²) in [4.78, 5) is 0. The van der Waals surface area contributed by atoms with Gasteiger partial charge in [0.1, 0.15) is 18.2 Å². The molecule has 0 spiro atoms. The van der Waals surface area contributed by atoms with Crippen LogP contribution in [0.2, 0.25) is 0 Å². The highest BCUT2D eigenvalue weighted by atomic mass is 79.9. The lowest BCUT2D eigenvalue weighted by molar-refractivity contribution is 0.354. The Morgan fingerprint density at radius 3 is 2.87 bits per heavy atom. The molecule has 15 heavy (non-hydrogen) atoms. The summed E-state index contributed by atoms with van der Waals surface area (Å²) in [7, 11) is 0. The van der Waals surface area contributed by atoms with E-state index in [9.17, 15) is 4.39 Å². The molecule has 0 aliphatic rings. The smallest absolute Gasteiger partial charge is 0.124 e. The number of benzene rings is 1. The van der Waals surface area contributed by atoms with Gasteiger partial charge < -0.3 is 10.5 Å². The van der Waals surface area contributed by atoms with E-state index in [4.69, 9.17) is 10.5 Å². The predicted molar refractivity (Wildman–Crippen MR) is 62.6 cm³/mol. The fourth-order valence-corrected chi connectivity index (χ4v) is 1.28. The molecule has 1 aromatic rings. The van der Waals surface area contributed by atoms with Crippen molar-refractivity contribution in [2.24, 2.45) is 5.73 Å². The van der Waals surface area contributed by atoms with Gasteiger partial charge in [0, 0.05) is 16.1 Å². The van der Waals surface area contributed by atoms with E-state index < -0.39 is 0 Å². The first-order valence-corrected chi connectivity index (χ1v) is 5.31. The van der Waals surface area contributed by atoms with Gasteiger partial charge in [-0.3, -0.25) is 0 Å².